The van der Waals surface area contributed by atoms with Crippen LogP contribution in [0.4, 0.5) is 4.39 Å². The molecule has 5 nitrogen and oxygen atoms in total. The maximum absolute atomic E-state index is 15.0. The van der Waals surface area contributed by atoms with Gasteiger partial charge >= 0.3 is 0 Å². The van der Waals surface area contributed by atoms with Gasteiger partial charge in [0.15, 0.2) is 0 Å². The first-order chi connectivity index (χ1) is 17.2. The molecule has 35 heavy (non-hydrogen) atoms. The summed E-state index contributed by atoms with van der Waals surface area (Å²) in [5.74, 6) is -0.269. The van der Waals surface area contributed by atoms with Gasteiger partial charge in [-0.2, -0.15) is 0 Å². The number of aromatic amines is 1. The maximum atomic E-state index is 15.0. The Kier molecular flexibility index (Phi) is 5.55. The lowest BCUT2D eigenvalue weighted by Crippen LogP contribution is -2.35. The molecule has 1 aliphatic carbocycles. The highest BCUT2D eigenvalue weighted by atomic mass is 19.1. The molecule has 2 unspecified atom stereocenters. The van der Waals surface area contributed by atoms with Crippen LogP contribution in [-0.2, 0) is 23.2 Å². The Balaban J connectivity index is 1.48. The van der Waals surface area contributed by atoms with Gasteiger partial charge < -0.3 is 15.0 Å². The van der Waals surface area contributed by atoms with E-state index in [-0.39, 0.29) is 11.9 Å². The van der Waals surface area contributed by atoms with Crippen LogP contribution in [-0.4, -0.2) is 28.6 Å². The lowest BCUT2D eigenvalue weighted by molar-refractivity contribution is 0.0241. The van der Waals surface area contributed by atoms with Crippen LogP contribution in [0.3, 0.4) is 0 Å². The highest BCUT2D eigenvalue weighted by molar-refractivity contribution is 5.85. The highest BCUT2D eigenvalue weighted by Crippen LogP contribution is 2.44. The summed E-state index contributed by atoms with van der Waals surface area (Å²) >= 11 is 0. The quantitative estimate of drug-likeness (QED) is 0.418. The molecule has 0 fully saturated rings. The molecular formula is C29H27FN4O. The fourth-order valence-corrected chi connectivity index (χ4v) is 5.61. The van der Waals surface area contributed by atoms with Crippen molar-refractivity contribution in [1.82, 2.24) is 20.3 Å². The number of hydrogen-bond donors (Lipinski definition) is 2. The number of para-hydroxylation sites is 1. The molecule has 2 aromatic heterocycles. The van der Waals surface area contributed by atoms with Crippen molar-refractivity contribution in [1.29, 1.82) is 0 Å². The van der Waals surface area contributed by atoms with Gasteiger partial charge in [0.1, 0.15) is 11.4 Å². The van der Waals surface area contributed by atoms with Crippen LogP contribution < -0.4 is 5.32 Å². The molecule has 0 radical (unpaired) electrons. The van der Waals surface area contributed by atoms with E-state index in [1.54, 1.807) is 31.8 Å². The SMILES string of the molecule is COC1(c2ccccc2F)C=CC(C2NCCc3c2[nH]c2ccccc32)=C(Cc2cnccn2)C1. The molecule has 2 aromatic carbocycles. The third-order valence-corrected chi connectivity index (χ3v) is 7.29. The molecule has 0 spiro atoms. The molecule has 176 valence electrons. The molecule has 3 heterocycles. The second-order valence-electron chi connectivity index (χ2n) is 9.22. The third kappa shape index (κ3) is 3.79. The van der Waals surface area contributed by atoms with Crippen molar-refractivity contribution >= 4 is 10.9 Å². The smallest absolute Gasteiger partial charge is 0.129 e. The van der Waals surface area contributed by atoms with E-state index in [1.807, 2.05) is 18.2 Å². The van der Waals surface area contributed by atoms with Crippen LogP contribution in [0.2, 0.25) is 0 Å². The van der Waals surface area contributed by atoms with Crippen molar-refractivity contribution in [3.05, 3.63) is 119 Å². The standard InChI is InChI=1S/C29H27FN4O/c1-35-29(24-7-3-4-8-25(24)30)12-10-21(19(17-29)16-20-18-31-14-15-32-20)27-28-23(11-13-33-27)22-6-2-5-9-26(22)34-28/h2-10,12,14-15,18,27,33-34H,11,13,16-17H2,1H3. The maximum Gasteiger partial charge on any atom is 0.129 e. The van der Waals surface area contributed by atoms with E-state index in [0.29, 0.717) is 18.4 Å². The Morgan fingerprint density at radius 1 is 1.11 bits per heavy atom. The van der Waals surface area contributed by atoms with Gasteiger partial charge in [0.25, 0.3) is 0 Å². The normalized spacial score (nSPS) is 21.9. The first-order valence-electron chi connectivity index (χ1n) is 12.0. The molecule has 2 aliphatic rings. The summed E-state index contributed by atoms with van der Waals surface area (Å²) in [6.07, 6.45) is 11.4. The largest absolute Gasteiger partial charge is 0.369 e. The Labute approximate surface area is 203 Å². The summed E-state index contributed by atoms with van der Waals surface area (Å²) in [6, 6.07) is 15.3. The zero-order valence-corrected chi connectivity index (χ0v) is 19.6. The number of H-pyrrole nitrogens is 1. The molecule has 2 atom stereocenters. The van der Waals surface area contributed by atoms with E-state index >= 15 is 0 Å². The summed E-state index contributed by atoms with van der Waals surface area (Å²) in [5, 5.41) is 5.01. The van der Waals surface area contributed by atoms with E-state index < -0.39 is 5.60 Å². The molecular weight excluding hydrogens is 439 g/mol. The van der Waals surface area contributed by atoms with Crippen molar-refractivity contribution in [2.75, 3.05) is 13.7 Å². The lowest BCUT2D eigenvalue weighted by Gasteiger charge is -2.37. The number of nitrogens with zero attached hydrogens (tertiary/aromatic N) is 2. The van der Waals surface area contributed by atoms with Crippen LogP contribution in [0, 0.1) is 5.82 Å². The molecule has 2 N–H and O–H groups in total. The number of halogens is 1. The zero-order chi connectivity index (χ0) is 23.8. The second-order valence-corrected chi connectivity index (χ2v) is 9.22. The summed E-state index contributed by atoms with van der Waals surface area (Å²) in [6.45, 7) is 0.887. The highest BCUT2D eigenvalue weighted by Gasteiger charge is 2.38. The number of rotatable bonds is 5. The van der Waals surface area contributed by atoms with E-state index in [0.717, 1.165) is 29.7 Å². The third-order valence-electron chi connectivity index (χ3n) is 7.29. The molecule has 0 bridgehead atoms. The Morgan fingerprint density at radius 2 is 1.97 bits per heavy atom. The van der Waals surface area contributed by atoms with Crippen LogP contribution in [0.1, 0.15) is 35.0 Å². The number of methoxy groups -OCH3 is 1. The molecule has 6 heteroatoms. The number of aromatic nitrogens is 3. The van der Waals surface area contributed by atoms with Crippen LogP contribution >= 0.6 is 0 Å². The fraction of sp³-hybridized carbons (Fsp3) is 0.241. The Hall–Kier alpha value is -3.61. The van der Waals surface area contributed by atoms with Crippen molar-refractivity contribution in [3.63, 3.8) is 0 Å². The second kappa shape index (κ2) is 8.87. The summed E-state index contributed by atoms with van der Waals surface area (Å²) < 4.78 is 21.0. The van der Waals surface area contributed by atoms with E-state index in [4.69, 9.17) is 4.74 Å². The molecule has 0 amide bonds. The Bertz CT molecular complexity index is 1440. The predicted molar refractivity (Wildman–Crippen MR) is 134 cm³/mol. The molecule has 0 saturated carbocycles. The van der Waals surface area contributed by atoms with Crippen LogP contribution in [0.25, 0.3) is 10.9 Å². The minimum Gasteiger partial charge on any atom is -0.369 e. The van der Waals surface area contributed by atoms with Crippen LogP contribution in [0.15, 0.2) is 90.4 Å². The van der Waals surface area contributed by atoms with Crippen LogP contribution in [0.5, 0.6) is 0 Å². The average molecular weight is 467 g/mol. The molecule has 0 saturated heterocycles. The number of ether oxygens (including phenoxy) is 1. The summed E-state index contributed by atoms with van der Waals surface area (Å²) in [7, 11) is 1.65. The van der Waals surface area contributed by atoms with Crippen molar-refractivity contribution in [3.8, 4) is 0 Å². The molecule has 6 rings (SSSR count). The monoisotopic (exact) mass is 466 g/mol. The Morgan fingerprint density at radius 3 is 2.80 bits per heavy atom. The van der Waals surface area contributed by atoms with Gasteiger partial charge in [-0.05, 0) is 35.8 Å². The summed E-state index contributed by atoms with van der Waals surface area (Å²) in [4.78, 5) is 12.5. The van der Waals surface area contributed by atoms with Gasteiger partial charge in [0, 0.05) is 67.2 Å². The van der Waals surface area contributed by atoms with Crippen molar-refractivity contribution in [2.24, 2.45) is 0 Å². The zero-order valence-electron chi connectivity index (χ0n) is 19.6. The first-order valence-corrected chi connectivity index (χ1v) is 12.0. The average Bonchev–Trinajstić information content (AvgIpc) is 3.29. The van der Waals surface area contributed by atoms with Gasteiger partial charge in [0.2, 0.25) is 0 Å². The topological polar surface area (TPSA) is 62.8 Å². The number of benzene rings is 2. The van der Waals surface area contributed by atoms with Gasteiger partial charge in [-0.25, -0.2) is 4.39 Å². The van der Waals surface area contributed by atoms with Gasteiger partial charge in [-0.3, -0.25) is 9.97 Å². The number of fused-ring (bicyclic) bond motifs is 3. The first kappa shape index (κ1) is 21.9. The van der Waals surface area contributed by atoms with E-state index in [1.165, 1.54) is 28.3 Å². The lowest BCUT2D eigenvalue weighted by atomic mass is 9.76. The van der Waals surface area contributed by atoms with Crippen molar-refractivity contribution in [2.45, 2.75) is 30.9 Å². The molecule has 4 aromatic rings. The van der Waals surface area contributed by atoms with E-state index in [2.05, 4.69) is 50.6 Å². The van der Waals surface area contributed by atoms with Gasteiger partial charge in [0.05, 0.1) is 11.7 Å². The van der Waals surface area contributed by atoms with Crippen molar-refractivity contribution < 1.29 is 9.13 Å². The number of hydrogen-bond acceptors (Lipinski definition) is 4. The molecule has 1 aliphatic heterocycles. The summed E-state index contributed by atoms with van der Waals surface area (Å²) in [5.41, 5.74) is 6.57. The predicted octanol–water partition coefficient (Wildman–Crippen LogP) is 5.32. The minimum atomic E-state index is -0.885. The van der Waals surface area contributed by atoms with Gasteiger partial charge in [-0.1, -0.05) is 48.0 Å². The minimum absolute atomic E-state index is 0.00421. The number of nitrogens with one attached hydrogen (secondary N) is 2. The fourth-order valence-electron chi connectivity index (χ4n) is 5.61. The van der Waals surface area contributed by atoms with E-state index in [9.17, 15) is 4.39 Å². The van der Waals surface area contributed by atoms with Gasteiger partial charge in [-0.15, -0.1) is 0 Å².